The Bertz CT molecular complexity index is 932. The van der Waals surface area contributed by atoms with Crippen molar-refractivity contribution in [2.45, 2.75) is 19.6 Å². The molecule has 0 unspecified atom stereocenters. The lowest BCUT2D eigenvalue weighted by molar-refractivity contribution is -0.137. The van der Waals surface area contributed by atoms with Gasteiger partial charge in [0.25, 0.3) is 0 Å². The van der Waals surface area contributed by atoms with Crippen LogP contribution in [0.25, 0.3) is 0 Å². The van der Waals surface area contributed by atoms with Crippen LogP contribution >= 0.6 is 11.6 Å². The van der Waals surface area contributed by atoms with E-state index in [-0.39, 0.29) is 16.7 Å². The van der Waals surface area contributed by atoms with Gasteiger partial charge in [-0.15, -0.1) is 0 Å². The van der Waals surface area contributed by atoms with Crippen LogP contribution in [-0.4, -0.2) is 15.0 Å². The minimum absolute atomic E-state index is 0.0790. The number of benzene rings is 1. The number of aromatic nitrogens is 3. The highest BCUT2D eigenvalue weighted by Crippen LogP contribution is 2.34. The number of halogens is 4. The minimum atomic E-state index is -4.47. The van der Waals surface area contributed by atoms with Crippen molar-refractivity contribution in [2.75, 3.05) is 10.6 Å². The summed E-state index contributed by atoms with van der Waals surface area (Å²) in [4.78, 5) is 12.5. The molecule has 3 rings (SSSR count). The van der Waals surface area contributed by atoms with Gasteiger partial charge in [0.1, 0.15) is 5.82 Å². The van der Waals surface area contributed by atoms with Crippen molar-refractivity contribution in [2.24, 2.45) is 0 Å². The number of hydrogen-bond acceptors (Lipinski definition) is 5. The molecule has 2 heterocycles. The third kappa shape index (κ3) is 5.07. The summed E-state index contributed by atoms with van der Waals surface area (Å²) in [5.74, 6) is 0.668. The number of alkyl halides is 3. The van der Waals surface area contributed by atoms with E-state index in [0.717, 1.165) is 17.7 Å². The monoisotopic (exact) mass is 393 g/mol. The molecular weight excluding hydrogens is 379 g/mol. The van der Waals surface area contributed by atoms with E-state index >= 15 is 0 Å². The molecule has 5 nitrogen and oxygen atoms in total. The molecule has 140 valence electrons. The topological polar surface area (TPSA) is 62.7 Å². The van der Waals surface area contributed by atoms with E-state index < -0.39 is 11.7 Å². The van der Waals surface area contributed by atoms with E-state index in [1.807, 2.05) is 12.1 Å². The lowest BCUT2D eigenvalue weighted by atomic mass is 10.2. The number of rotatable bonds is 5. The van der Waals surface area contributed by atoms with E-state index in [9.17, 15) is 13.2 Å². The van der Waals surface area contributed by atoms with Crippen LogP contribution in [0.2, 0.25) is 5.02 Å². The predicted molar refractivity (Wildman–Crippen MR) is 98.1 cm³/mol. The first-order chi connectivity index (χ1) is 12.8. The molecule has 0 spiro atoms. The maximum atomic E-state index is 12.9. The van der Waals surface area contributed by atoms with Crippen LogP contribution in [0.15, 0.2) is 48.8 Å². The van der Waals surface area contributed by atoms with E-state index in [1.165, 1.54) is 6.07 Å². The van der Waals surface area contributed by atoms with E-state index in [0.29, 0.717) is 18.1 Å². The third-order valence-corrected chi connectivity index (χ3v) is 3.92. The number of pyridine rings is 1. The fourth-order valence-corrected chi connectivity index (χ4v) is 2.49. The highest BCUT2D eigenvalue weighted by Gasteiger charge is 2.31. The Morgan fingerprint density at radius 3 is 2.63 bits per heavy atom. The summed E-state index contributed by atoms with van der Waals surface area (Å²) in [5, 5.41) is 6.03. The Labute approximate surface area is 158 Å². The largest absolute Gasteiger partial charge is 0.416 e. The zero-order valence-electron chi connectivity index (χ0n) is 14.2. The summed E-state index contributed by atoms with van der Waals surface area (Å²) in [7, 11) is 0. The average Bonchev–Trinajstić information content (AvgIpc) is 2.61. The van der Waals surface area contributed by atoms with Gasteiger partial charge in [-0.05, 0) is 36.8 Å². The van der Waals surface area contributed by atoms with Crippen molar-refractivity contribution in [1.82, 2.24) is 15.0 Å². The Morgan fingerprint density at radius 1 is 1.11 bits per heavy atom. The molecule has 1 aromatic carbocycles. The minimum Gasteiger partial charge on any atom is -0.366 e. The fraction of sp³-hybridized carbons (Fsp3) is 0.167. The van der Waals surface area contributed by atoms with Crippen molar-refractivity contribution in [3.8, 4) is 0 Å². The summed E-state index contributed by atoms with van der Waals surface area (Å²) in [5.41, 5.74) is 0.876. The fourth-order valence-electron chi connectivity index (χ4n) is 2.33. The molecule has 0 bridgehead atoms. The van der Waals surface area contributed by atoms with Crippen molar-refractivity contribution in [1.29, 1.82) is 0 Å². The molecule has 2 N–H and O–H groups in total. The van der Waals surface area contributed by atoms with Crippen LogP contribution in [-0.2, 0) is 12.7 Å². The lowest BCUT2D eigenvalue weighted by Crippen LogP contribution is -2.08. The van der Waals surface area contributed by atoms with Crippen LogP contribution in [0.1, 0.15) is 16.8 Å². The summed E-state index contributed by atoms with van der Waals surface area (Å²) >= 11 is 6.01. The Kier molecular flexibility index (Phi) is 5.46. The SMILES string of the molecule is Cc1cc(NCc2cccnc2)nc(Nc2cc(C(F)(F)F)ccc2Cl)n1. The Balaban J connectivity index is 1.80. The van der Waals surface area contributed by atoms with Gasteiger partial charge in [0.15, 0.2) is 0 Å². The molecular formula is C18H15ClF3N5. The van der Waals surface area contributed by atoms with E-state index in [4.69, 9.17) is 11.6 Å². The molecule has 9 heteroatoms. The van der Waals surface area contributed by atoms with Gasteiger partial charge in [0.05, 0.1) is 16.3 Å². The number of aryl methyl sites for hydroxylation is 1. The number of hydrogen-bond donors (Lipinski definition) is 2. The van der Waals surface area contributed by atoms with Crippen molar-refractivity contribution in [3.63, 3.8) is 0 Å². The molecule has 3 aromatic rings. The normalized spacial score (nSPS) is 11.3. The molecule has 2 aromatic heterocycles. The Morgan fingerprint density at radius 2 is 1.93 bits per heavy atom. The quantitative estimate of drug-likeness (QED) is 0.623. The first kappa shape index (κ1) is 18.9. The Hall–Kier alpha value is -2.87. The first-order valence-electron chi connectivity index (χ1n) is 7.93. The highest BCUT2D eigenvalue weighted by atomic mass is 35.5. The maximum Gasteiger partial charge on any atom is 0.416 e. The molecule has 0 aliphatic rings. The van der Waals surface area contributed by atoms with Crippen LogP contribution in [0, 0.1) is 6.92 Å². The second kappa shape index (κ2) is 7.79. The zero-order valence-corrected chi connectivity index (χ0v) is 14.9. The summed E-state index contributed by atoms with van der Waals surface area (Å²) in [6.45, 7) is 2.25. The number of anilines is 3. The van der Waals surface area contributed by atoms with E-state index in [2.05, 4.69) is 25.6 Å². The van der Waals surface area contributed by atoms with Gasteiger partial charge < -0.3 is 10.6 Å². The summed E-state index contributed by atoms with van der Waals surface area (Å²) in [6, 6.07) is 8.50. The molecule has 0 atom stereocenters. The molecule has 27 heavy (non-hydrogen) atoms. The van der Waals surface area contributed by atoms with Crippen LogP contribution in [0.3, 0.4) is 0 Å². The van der Waals surface area contributed by atoms with Crippen LogP contribution < -0.4 is 10.6 Å². The van der Waals surface area contributed by atoms with Crippen molar-refractivity contribution < 1.29 is 13.2 Å². The summed E-state index contributed by atoms with van der Waals surface area (Å²) < 4.78 is 38.7. The third-order valence-electron chi connectivity index (χ3n) is 3.59. The van der Waals surface area contributed by atoms with Gasteiger partial charge in [-0.3, -0.25) is 4.98 Å². The standard InChI is InChI=1S/C18H15ClF3N5/c1-11-7-16(24-10-12-3-2-6-23-9-12)27-17(25-11)26-15-8-13(18(20,21)22)4-5-14(15)19/h2-9H,10H2,1H3,(H2,24,25,26,27). The first-order valence-corrected chi connectivity index (χ1v) is 8.31. The van der Waals surface area contributed by atoms with Crippen molar-refractivity contribution in [3.05, 3.63) is 70.6 Å². The van der Waals surface area contributed by atoms with Crippen molar-refractivity contribution >= 4 is 29.1 Å². The zero-order chi connectivity index (χ0) is 19.4. The van der Waals surface area contributed by atoms with Crippen LogP contribution in [0.4, 0.5) is 30.6 Å². The number of nitrogens with zero attached hydrogens (tertiary/aromatic N) is 3. The van der Waals surface area contributed by atoms with Gasteiger partial charge in [-0.1, -0.05) is 17.7 Å². The summed E-state index contributed by atoms with van der Waals surface area (Å²) in [6.07, 6.45) is -1.06. The lowest BCUT2D eigenvalue weighted by Gasteiger charge is -2.13. The average molecular weight is 394 g/mol. The molecule has 0 saturated heterocycles. The molecule has 0 radical (unpaired) electrons. The molecule has 0 saturated carbocycles. The van der Waals surface area contributed by atoms with Gasteiger partial charge in [-0.25, -0.2) is 4.98 Å². The molecule has 0 fully saturated rings. The van der Waals surface area contributed by atoms with Gasteiger partial charge in [0.2, 0.25) is 5.95 Å². The second-order valence-corrected chi connectivity index (χ2v) is 6.16. The maximum absolute atomic E-state index is 12.9. The smallest absolute Gasteiger partial charge is 0.366 e. The predicted octanol–water partition coefficient (Wildman–Crippen LogP) is 5.21. The van der Waals surface area contributed by atoms with Crippen LogP contribution in [0.5, 0.6) is 0 Å². The van der Waals surface area contributed by atoms with E-state index in [1.54, 1.807) is 25.4 Å². The number of nitrogens with one attached hydrogen (secondary N) is 2. The van der Waals surface area contributed by atoms with Gasteiger partial charge in [0, 0.05) is 30.7 Å². The highest BCUT2D eigenvalue weighted by molar-refractivity contribution is 6.33. The molecule has 0 aliphatic heterocycles. The molecule has 0 amide bonds. The second-order valence-electron chi connectivity index (χ2n) is 5.75. The molecule has 0 aliphatic carbocycles. The van der Waals surface area contributed by atoms with Gasteiger partial charge >= 0.3 is 6.18 Å². The van der Waals surface area contributed by atoms with Gasteiger partial charge in [-0.2, -0.15) is 18.2 Å².